The van der Waals surface area contributed by atoms with Crippen LogP contribution in [0.25, 0.3) is 0 Å². The van der Waals surface area contributed by atoms with E-state index in [1.165, 1.54) is 45.1 Å². The van der Waals surface area contributed by atoms with Gasteiger partial charge in [0.05, 0.1) is 6.67 Å². The van der Waals surface area contributed by atoms with Crippen LogP contribution in [0, 0.1) is 0 Å². The molecule has 0 aromatic rings. The van der Waals surface area contributed by atoms with Crippen molar-refractivity contribution in [1.82, 2.24) is 9.80 Å². The van der Waals surface area contributed by atoms with Gasteiger partial charge in [0, 0.05) is 26.0 Å². The average molecular weight is 324 g/mol. The molecule has 0 radical (unpaired) electrons. The van der Waals surface area contributed by atoms with Crippen LogP contribution in [0.5, 0.6) is 0 Å². The van der Waals surface area contributed by atoms with Crippen LogP contribution in [0.4, 0.5) is 0 Å². The molecule has 0 saturated heterocycles. The molecule has 90 valence electrons. The first-order valence-electron chi connectivity index (χ1n) is 5.95. The second-order valence-electron chi connectivity index (χ2n) is 4.28. The molecule has 0 atom stereocenters. The van der Waals surface area contributed by atoms with Crippen LogP contribution in [-0.4, -0.2) is 30.1 Å². The third-order valence-electron chi connectivity index (χ3n) is 2.74. The molecule has 0 spiro atoms. The molecular formula is C12H25IN2. The summed E-state index contributed by atoms with van der Waals surface area (Å²) in [4.78, 5) is 4.61. The molecule has 0 amide bonds. The van der Waals surface area contributed by atoms with E-state index < -0.39 is 0 Å². The standard InChI is InChI=1S/C12H24N2.HI/c1-3-4-5-6-7-8-9-14-11-10-13(2)12-14;/h10-11H,3-9,12H2,1-2H3;1H. The van der Waals surface area contributed by atoms with Crippen molar-refractivity contribution in [3.05, 3.63) is 12.4 Å². The Morgan fingerprint density at radius 2 is 1.67 bits per heavy atom. The lowest BCUT2D eigenvalue weighted by molar-refractivity contribution is 0.290. The van der Waals surface area contributed by atoms with Crippen LogP contribution in [0.1, 0.15) is 45.4 Å². The molecule has 0 unspecified atom stereocenters. The molecule has 0 saturated carbocycles. The van der Waals surface area contributed by atoms with Gasteiger partial charge in [-0.3, -0.25) is 0 Å². The van der Waals surface area contributed by atoms with Crippen LogP contribution in [0.15, 0.2) is 12.4 Å². The van der Waals surface area contributed by atoms with Gasteiger partial charge in [-0.2, -0.15) is 0 Å². The predicted molar refractivity (Wildman–Crippen MR) is 77.3 cm³/mol. The molecule has 1 aliphatic rings. The summed E-state index contributed by atoms with van der Waals surface area (Å²) >= 11 is 0. The summed E-state index contributed by atoms with van der Waals surface area (Å²) in [6.45, 7) is 4.58. The molecule has 1 heterocycles. The topological polar surface area (TPSA) is 6.48 Å². The summed E-state index contributed by atoms with van der Waals surface area (Å²) < 4.78 is 0. The molecular weight excluding hydrogens is 299 g/mol. The van der Waals surface area contributed by atoms with Gasteiger partial charge in [0.25, 0.3) is 0 Å². The first kappa shape index (κ1) is 15.1. The predicted octanol–water partition coefficient (Wildman–Crippen LogP) is 3.64. The Morgan fingerprint density at radius 1 is 1.00 bits per heavy atom. The molecule has 3 heteroatoms. The van der Waals surface area contributed by atoms with Crippen LogP contribution in [-0.2, 0) is 0 Å². The highest BCUT2D eigenvalue weighted by atomic mass is 127. The minimum atomic E-state index is 0. The van der Waals surface area contributed by atoms with Crippen molar-refractivity contribution in [1.29, 1.82) is 0 Å². The first-order chi connectivity index (χ1) is 6.83. The van der Waals surface area contributed by atoms with Crippen molar-refractivity contribution in [3.63, 3.8) is 0 Å². The molecule has 1 aliphatic heterocycles. The van der Waals surface area contributed by atoms with Crippen molar-refractivity contribution in [3.8, 4) is 0 Å². The molecule has 0 bridgehead atoms. The normalized spacial score (nSPS) is 14.5. The van der Waals surface area contributed by atoms with E-state index in [9.17, 15) is 0 Å². The van der Waals surface area contributed by atoms with Gasteiger partial charge in [-0.15, -0.1) is 24.0 Å². The minimum absolute atomic E-state index is 0. The fraction of sp³-hybridized carbons (Fsp3) is 0.833. The van der Waals surface area contributed by atoms with Gasteiger partial charge < -0.3 is 9.80 Å². The quantitative estimate of drug-likeness (QED) is 0.521. The number of nitrogens with zero attached hydrogens (tertiary/aromatic N) is 2. The van der Waals surface area contributed by atoms with E-state index in [4.69, 9.17) is 0 Å². The highest BCUT2D eigenvalue weighted by molar-refractivity contribution is 14.0. The largest absolute Gasteiger partial charge is 0.362 e. The third-order valence-corrected chi connectivity index (χ3v) is 2.74. The average Bonchev–Trinajstić information content (AvgIpc) is 2.58. The van der Waals surface area contributed by atoms with Gasteiger partial charge in [-0.25, -0.2) is 0 Å². The van der Waals surface area contributed by atoms with E-state index in [-0.39, 0.29) is 24.0 Å². The minimum Gasteiger partial charge on any atom is -0.362 e. The number of hydrogen-bond donors (Lipinski definition) is 0. The zero-order valence-corrected chi connectivity index (χ0v) is 12.4. The van der Waals surface area contributed by atoms with E-state index in [1.54, 1.807) is 0 Å². The Labute approximate surface area is 112 Å². The van der Waals surface area contributed by atoms with Gasteiger partial charge in [-0.1, -0.05) is 39.0 Å². The third kappa shape index (κ3) is 7.03. The van der Waals surface area contributed by atoms with Crippen molar-refractivity contribution in [2.24, 2.45) is 0 Å². The molecule has 0 aromatic heterocycles. The number of rotatable bonds is 7. The molecule has 0 aliphatic carbocycles. The summed E-state index contributed by atoms with van der Waals surface area (Å²) in [7, 11) is 2.12. The lowest BCUT2D eigenvalue weighted by atomic mass is 10.1. The van der Waals surface area contributed by atoms with Gasteiger partial charge in [-0.05, 0) is 6.42 Å². The first-order valence-corrected chi connectivity index (χ1v) is 5.95. The maximum atomic E-state index is 2.39. The van der Waals surface area contributed by atoms with Gasteiger partial charge >= 0.3 is 0 Å². The zero-order valence-electron chi connectivity index (χ0n) is 10.1. The summed E-state index contributed by atoms with van der Waals surface area (Å²) in [6, 6.07) is 0. The van der Waals surface area contributed by atoms with Crippen molar-refractivity contribution in [2.75, 3.05) is 20.3 Å². The molecule has 2 nitrogen and oxygen atoms in total. The van der Waals surface area contributed by atoms with Gasteiger partial charge in [0.1, 0.15) is 0 Å². The molecule has 15 heavy (non-hydrogen) atoms. The van der Waals surface area contributed by atoms with Crippen molar-refractivity contribution < 1.29 is 0 Å². The number of halogens is 1. The maximum Gasteiger partial charge on any atom is 0.0890 e. The number of hydrogen-bond acceptors (Lipinski definition) is 2. The Kier molecular flexibility index (Phi) is 9.35. The molecule has 0 fully saturated rings. The van der Waals surface area contributed by atoms with E-state index in [0.29, 0.717) is 0 Å². The monoisotopic (exact) mass is 324 g/mol. The molecule has 1 rings (SSSR count). The Hall–Kier alpha value is 0.0700. The van der Waals surface area contributed by atoms with Crippen molar-refractivity contribution >= 4 is 24.0 Å². The Balaban J connectivity index is 0.00000196. The molecule has 0 aromatic carbocycles. The van der Waals surface area contributed by atoms with Crippen LogP contribution in [0.2, 0.25) is 0 Å². The lowest BCUT2D eigenvalue weighted by Gasteiger charge is -2.17. The smallest absolute Gasteiger partial charge is 0.0890 e. The van der Waals surface area contributed by atoms with Crippen LogP contribution < -0.4 is 0 Å². The Bertz CT molecular complexity index is 171. The summed E-state index contributed by atoms with van der Waals surface area (Å²) in [5.41, 5.74) is 0. The van der Waals surface area contributed by atoms with E-state index in [0.717, 1.165) is 6.67 Å². The summed E-state index contributed by atoms with van der Waals surface area (Å²) in [5, 5.41) is 0. The zero-order chi connectivity index (χ0) is 10.2. The second kappa shape index (κ2) is 9.31. The van der Waals surface area contributed by atoms with E-state index in [2.05, 4.69) is 36.2 Å². The Morgan fingerprint density at radius 3 is 2.27 bits per heavy atom. The SMILES string of the molecule is CCCCCCCCN1C=CN(C)C1.I. The highest BCUT2D eigenvalue weighted by Gasteiger charge is 2.06. The number of unbranched alkanes of at least 4 members (excludes halogenated alkanes) is 5. The van der Waals surface area contributed by atoms with Gasteiger partial charge in [0.15, 0.2) is 0 Å². The summed E-state index contributed by atoms with van der Waals surface area (Å²) in [6.07, 6.45) is 12.7. The fourth-order valence-electron chi connectivity index (χ4n) is 1.83. The fourth-order valence-corrected chi connectivity index (χ4v) is 1.83. The van der Waals surface area contributed by atoms with Crippen LogP contribution >= 0.6 is 24.0 Å². The highest BCUT2D eigenvalue weighted by Crippen LogP contribution is 2.08. The van der Waals surface area contributed by atoms with E-state index >= 15 is 0 Å². The van der Waals surface area contributed by atoms with Crippen LogP contribution in [0.3, 0.4) is 0 Å². The van der Waals surface area contributed by atoms with E-state index in [1.807, 2.05) is 0 Å². The van der Waals surface area contributed by atoms with Crippen molar-refractivity contribution in [2.45, 2.75) is 45.4 Å². The summed E-state index contributed by atoms with van der Waals surface area (Å²) in [5.74, 6) is 0. The molecule has 0 N–H and O–H groups in total. The second-order valence-corrected chi connectivity index (χ2v) is 4.28. The van der Waals surface area contributed by atoms with Gasteiger partial charge in [0.2, 0.25) is 0 Å². The maximum absolute atomic E-state index is 2.39. The lowest BCUT2D eigenvalue weighted by Crippen LogP contribution is -2.23.